The van der Waals surface area contributed by atoms with Crippen LogP contribution in [0.25, 0.3) is 0 Å². The van der Waals surface area contributed by atoms with E-state index in [4.69, 9.17) is 21.1 Å². The molecule has 0 heterocycles. The molecule has 8 N–H and O–H groups in total. The summed E-state index contributed by atoms with van der Waals surface area (Å²) in [5.74, 6) is 0. The Kier molecular flexibility index (Phi) is 7.05. The number of hydrogen-bond acceptors (Lipinski definition) is 7. The molecule has 3 atom stereocenters. The molecule has 0 bridgehead atoms. The Morgan fingerprint density at radius 1 is 1.31 bits per heavy atom. The number of rotatable bonds is 6. The summed E-state index contributed by atoms with van der Waals surface area (Å²) in [6, 6.07) is 0. The van der Waals surface area contributed by atoms with Crippen LogP contribution in [0.4, 0.5) is 0 Å². The molecule has 0 fully saturated rings. The summed E-state index contributed by atoms with van der Waals surface area (Å²) < 4.78 is 0. The molecule has 0 radical (unpaired) electrons. The van der Waals surface area contributed by atoms with Gasteiger partial charge < -0.3 is 31.3 Å². The zero-order valence-corrected chi connectivity index (χ0v) is 9.13. The maximum atomic E-state index is 9.46. The van der Waals surface area contributed by atoms with Crippen molar-refractivity contribution in [2.45, 2.75) is 18.3 Å². The summed E-state index contributed by atoms with van der Waals surface area (Å²) in [5, 5.41) is 48.4. The second-order valence-corrected chi connectivity index (χ2v) is 3.36. The van der Waals surface area contributed by atoms with Crippen molar-refractivity contribution in [2.24, 2.45) is 10.8 Å². The SMILES string of the molecule is NC(=S)NN=C(CO)[C@@H](O)[C@H](O)[C@H](O)CO. The lowest BCUT2D eigenvalue weighted by Crippen LogP contribution is -2.45. The Morgan fingerprint density at radius 2 is 1.88 bits per heavy atom. The zero-order chi connectivity index (χ0) is 12.7. The first-order valence-electron chi connectivity index (χ1n) is 4.31. The van der Waals surface area contributed by atoms with E-state index in [-0.39, 0.29) is 10.8 Å². The number of aliphatic hydroxyl groups excluding tert-OH is 5. The largest absolute Gasteiger partial charge is 0.394 e. The molecule has 0 saturated carbocycles. The minimum absolute atomic E-state index is 0.185. The van der Waals surface area contributed by atoms with Crippen LogP contribution in [0.3, 0.4) is 0 Å². The minimum Gasteiger partial charge on any atom is -0.394 e. The molecule has 0 aromatic rings. The molecular formula is C7H15N3O5S. The third kappa shape index (κ3) is 4.79. The number of aliphatic hydroxyl groups is 5. The van der Waals surface area contributed by atoms with Crippen molar-refractivity contribution in [1.29, 1.82) is 0 Å². The van der Waals surface area contributed by atoms with E-state index in [9.17, 15) is 10.2 Å². The molecule has 0 unspecified atom stereocenters. The minimum atomic E-state index is -1.68. The van der Waals surface area contributed by atoms with Crippen LogP contribution in [0.15, 0.2) is 5.10 Å². The van der Waals surface area contributed by atoms with E-state index in [1.165, 1.54) is 0 Å². The van der Waals surface area contributed by atoms with Crippen LogP contribution in [-0.2, 0) is 0 Å². The Morgan fingerprint density at radius 3 is 2.25 bits per heavy atom. The van der Waals surface area contributed by atoms with Gasteiger partial charge in [0.05, 0.1) is 18.9 Å². The van der Waals surface area contributed by atoms with Gasteiger partial charge in [-0.3, -0.25) is 5.43 Å². The van der Waals surface area contributed by atoms with Crippen molar-refractivity contribution in [1.82, 2.24) is 5.43 Å². The van der Waals surface area contributed by atoms with Crippen molar-refractivity contribution in [3.63, 3.8) is 0 Å². The first kappa shape index (κ1) is 15.2. The Labute approximate surface area is 97.0 Å². The first-order chi connectivity index (χ1) is 7.43. The van der Waals surface area contributed by atoms with Crippen LogP contribution in [0.5, 0.6) is 0 Å². The van der Waals surface area contributed by atoms with Gasteiger partial charge in [-0.2, -0.15) is 5.10 Å². The van der Waals surface area contributed by atoms with Crippen molar-refractivity contribution < 1.29 is 25.5 Å². The van der Waals surface area contributed by atoms with Crippen LogP contribution >= 0.6 is 12.2 Å². The number of hydrogen-bond donors (Lipinski definition) is 7. The summed E-state index contributed by atoms with van der Waals surface area (Å²) in [5.41, 5.74) is 6.90. The molecule has 0 aliphatic rings. The van der Waals surface area contributed by atoms with Gasteiger partial charge in [-0.25, -0.2) is 0 Å². The van der Waals surface area contributed by atoms with Crippen molar-refractivity contribution >= 4 is 23.0 Å². The highest BCUT2D eigenvalue weighted by atomic mass is 32.1. The quantitative estimate of drug-likeness (QED) is 0.145. The molecule has 0 aliphatic carbocycles. The average molecular weight is 253 g/mol. The van der Waals surface area contributed by atoms with Crippen LogP contribution in [0.2, 0.25) is 0 Å². The lowest BCUT2D eigenvalue weighted by molar-refractivity contribution is -0.0565. The van der Waals surface area contributed by atoms with Crippen LogP contribution in [0.1, 0.15) is 0 Å². The maximum absolute atomic E-state index is 9.46. The molecule has 0 aromatic heterocycles. The summed E-state index contributed by atoms with van der Waals surface area (Å²) in [4.78, 5) is 0. The topological polar surface area (TPSA) is 152 Å². The van der Waals surface area contributed by atoms with E-state index in [1.54, 1.807) is 0 Å². The van der Waals surface area contributed by atoms with Gasteiger partial charge in [0.25, 0.3) is 0 Å². The smallest absolute Gasteiger partial charge is 0.184 e. The Bertz CT molecular complexity index is 262. The average Bonchev–Trinajstić information content (AvgIpc) is 2.27. The highest BCUT2D eigenvalue weighted by Gasteiger charge is 2.28. The van der Waals surface area contributed by atoms with Gasteiger partial charge >= 0.3 is 0 Å². The predicted molar refractivity (Wildman–Crippen MR) is 59.5 cm³/mol. The summed E-state index contributed by atoms with van der Waals surface area (Å²) in [6.45, 7) is -1.41. The van der Waals surface area contributed by atoms with Crippen LogP contribution in [-0.4, -0.2) is 67.9 Å². The Balaban J connectivity index is 4.57. The predicted octanol–water partition coefficient (Wildman–Crippen LogP) is -3.76. The normalized spacial score (nSPS) is 17.7. The highest BCUT2D eigenvalue weighted by Crippen LogP contribution is 2.02. The van der Waals surface area contributed by atoms with Gasteiger partial charge in [-0.1, -0.05) is 0 Å². The second kappa shape index (κ2) is 7.44. The van der Waals surface area contributed by atoms with Crippen molar-refractivity contribution in [3.8, 4) is 0 Å². The molecule has 0 saturated heterocycles. The summed E-state index contributed by atoms with van der Waals surface area (Å²) >= 11 is 4.43. The van der Waals surface area contributed by atoms with Gasteiger partial charge in [0.1, 0.15) is 18.3 Å². The lowest BCUT2D eigenvalue weighted by Gasteiger charge is -2.21. The van der Waals surface area contributed by atoms with Crippen molar-refractivity contribution in [3.05, 3.63) is 0 Å². The summed E-state index contributed by atoms with van der Waals surface area (Å²) in [6.07, 6.45) is -4.87. The lowest BCUT2D eigenvalue weighted by atomic mass is 10.0. The molecule has 94 valence electrons. The zero-order valence-electron chi connectivity index (χ0n) is 8.32. The monoisotopic (exact) mass is 253 g/mol. The number of hydrazone groups is 1. The number of nitrogens with two attached hydrogens (primary N) is 1. The molecule has 0 amide bonds. The third-order valence-corrected chi connectivity index (χ3v) is 1.81. The highest BCUT2D eigenvalue weighted by molar-refractivity contribution is 7.80. The molecule has 0 aromatic carbocycles. The van der Waals surface area contributed by atoms with E-state index < -0.39 is 31.5 Å². The van der Waals surface area contributed by atoms with Gasteiger partial charge in [0, 0.05) is 0 Å². The fraction of sp³-hybridized carbons (Fsp3) is 0.714. The standard InChI is InChI=1S/C7H15N3O5S/c8-7(16)10-9-3(1-11)5(14)6(15)4(13)2-12/h4-6,11-15H,1-2H2,(H3,8,10,16)/t4-,5-,6-/m1/s1. The first-order valence-corrected chi connectivity index (χ1v) is 4.72. The number of nitrogens with zero attached hydrogens (tertiary/aromatic N) is 1. The number of nitrogens with one attached hydrogen (secondary N) is 1. The molecule has 16 heavy (non-hydrogen) atoms. The van der Waals surface area contributed by atoms with Gasteiger partial charge in [-0.15, -0.1) is 0 Å². The van der Waals surface area contributed by atoms with Crippen molar-refractivity contribution in [2.75, 3.05) is 13.2 Å². The van der Waals surface area contributed by atoms with Crippen LogP contribution in [0, 0.1) is 0 Å². The van der Waals surface area contributed by atoms with Gasteiger partial charge in [0.2, 0.25) is 0 Å². The summed E-state index contributed by atoms with van der Waals surface area (Å²) in [7, 11) is 0. The third-order valence-electron chi connectivity index (χ3n) is 1.72. The van der Waals surface area contributed by atoms with E-state index in [1.807, 2.05) is 0 Å². The molecule has 0 rings (SSSR count). The molecule has 0 aliphatic heterocycles. The Hall–Kier alpha value is -0.840. The molecule has 8 nitrogen and oxygen atoms in total. The van der Waals surface area contributed by atoms with Gasteiger partial charge in [0.15, 0.2) is 5.11 Å². The van der Waals surface area contributed by atoms with E-state index in [0.717, 1.165) is 0 Å². The van der Waals surface area contributed by atoms with E-state index in [0.29, 0.717) is 0 Å². The maximum Gasteiger partial charge on any atom is 0.184 e. The van der Waals surface area contributed by atoms with Crippen LogP contribution < -0.4 is 11.2 Å². The number of thiocarbonyl (C=S) groups is 1. The van der Waals surface area contributed by atoms with E-state index in [2.05, 4.69) is 22.7 Å². The van der Waals surface area contributed by atoms with Gasteiger partial charge in [-0.05, 0) is 12.2 Å². The molecular weight excluding hydrogens is 238 g/mol. The molecule has 0 spiro atoms. The second-order valence-electron chi connectivity index (χ2n) is 2.92. The van der Waals surface area contributed by atoms with E-state index >= 15 is 0 Å². The molecule has 9 heteroatoms. The fourth-order valence-corrected chi connectivity index (χ4v) is 0.883. The fourth-order valence-electron chi connectivity index (χ4n) is 0.837.